The first-order valence-electron chi connectivity index (χ1n) is 6.47. The normalized spacial score (nSPS) is 12.4. The second-order valence-electron chi connectivity index (χ2n) is 4.89. The Morgan fingerprint density at radius 2 is 1.80 bits per heavy atom. The fourth-order valence-corrected chi connectivity index (χ4v) is 2.80. The minimum Gasteiger partial charge on any atom is -0.330 e. The summed E-state index contributed by atoms with van der Waals surface area (Å²) in [5, 5.41) is 0.157. The van der Waals surface area contributed by atoms with Crippen molar-refractivity contribution < 1.29 is 4.39 Å². The van der Waals surface area contributed by atoms with Crippen molar-refractivity contribution in [3.05, 3.63) is 68.9 Å². The maximum absolute atomic E-state index is 13.4. The van der Waals surface area contributed by atoms with Gasteiger partial charge >= 0.3 is 0 Å². The Hall–Kier alpha value is -0.900. The van der Waals surface area contributed by atoms with Gasteiger partial charge in [0.1, 0.15) is 5.82 Å². The summed E-state index contributed by atoms with van der Waals surface area (Å²) in [6, 6.07) is 13.1. The van der Waals surface area contributed by atoms with Gasteiger partial charge in [0, 0.05) is 4.47 Å². The van der Waals surface area contributed by atoms with E-state index in [0.29, 0.717) is 6.54 Å². The number of nitrogens with two attached hydrogens (primary N) is 1. The lowest BCUT2D eigenvalue weighted by Gasteiger charge is -2.15. The van der Waals surface area contributed by atoms with Crippen LogP contribution in [0.15, 0.2) is 46.9 Å². The van der Waals surface area contributed by atoms with Gasteiger partial charge in [-0.3, -0.25) is 0 Å². The van der Waals surface area contributed by atoms with E-state index < -0.39 is 0 Å². The van der Waals surface area contributed by atoms with Gasteiger partial charge in [0.25, 0.3) is 0 Å². The minimum atomic E-state index is -0.373. The molecule has 2 aromatic rings. The predicted octanol–water partition coefficient (Wildman–Crippen LogP) is 4.60. The number of rotatable bonds is 5. The van der Waals surface area contributed by atoms with Crippen molar-refractivity contribution in [2.45, 2.75) is 12.8 Å². The molecule has 0 aliphatic heterocycles. The summed E-state index contributed by atoms with van der Waals surface area (Å²) < 4.78 is 14.5. The van der Waals surface area contributed by atoms with Gasteiger partial charge in [-0.2, -0.15) is 0 Å². The van der Waals surface area contributed by atoms with Crippen molar-refractivity contribution in [2.75, 3.05) is 6.54 Å². The summed E-state index contributed by atoms with van der Waals surface area (Å²) in [7, 11) is 0. The number of hydrogen-bond donors (Lipinski definition) is 1. The van der Waals surface area contributed by atoms with Crippen LogP contribution in [-0.2, 0) is 12.8 Å². The lowest BCUT2D eigenvalue weighted by molar-refractivity contribution is 0.530. The molecule has 0 fully saturated rings. The Bertz CT molecular complexity index is 588. The van der Waals surface area contributed by atoms with E-state index >= 15 is 0 Å². The molecule has 2 aromatic carbocycles. The van der Waals surface area contributed by atoms with Crippen LogP contribution >= 0.6 is 27.5 Å². The Morgan fingerprint density at radius 1 is 1.10 bits per heavy atom. The average Bonchev–Trinajstić information content (AvgIpc) is 2.42. The zero-order valence-electron chi connectivity index (χ0n) is 11.0. The number of benzene rings is 2. The lowest BCUT2D eigenvalue weighted by Crippen LogP contribution is -2.19. The monoisotopic (exact) mass is 355 g/mol. The van der Waals surface area contributed by atoms with E-state index in [2.05, 4.69) is 28.1 Å². The van der Waals surface area contributed by atoms with Crippen molar-refractivity contribution >= 4 is 27.5 Å². The van der Waals surface area contributed by atoms with Gasteiger partial charge in [-0.05, 0) is 60.7 Å². The molecule has 0 spiro atoms. The van der Waals surface area contributed by atoms with Crippen LogP contribution in [0, 0.1) is 11.7 Å². The van der Waals surface area contributed by atoms with Crippen LogP contribution in [0.1, 0.15) is 11.1 Å². The van der Waals surface area contributed by atoms with Gasteiger partial charge in [0.05, 0.1) is 5.02 Å². The highest BCUT2D eigenvalue weighted by molar-refractivity contribution is 9.10. The Kier molecular flexibility index (Phi) is 5.58. The molecule has 0 aliphatic carbocycles. The molecule has 0 heterocycles. The summed E-state index contributed by atoms with van der Waals surface area (Å²) in [6.07, 6.45) is 1.62. The maximum atomic E-state index is 13.4. The first-order chi connectivity index (χ1) is 9.58. The third-order valence-electron chi connectivity index (χ3n) is 3.26. The molecule has 0 aliphatic rings. The molecule has 0 radical (unpaired) electrons. The Balaban J connectivity index is 2.07. The molecule has 1 atom stereocenters. The summed E-state index contributed by atoms with van der Waals surface area (Å²) in [5.74, 6) is -0.0905. The number of halogens is 3. The van der Waals surface area contributed by atoms with Crippen molar-refractivity contribution in [3.63, 3.8) is 0 Å². The fourth-order valence-electron chi connectivity index (χ4n) is 2.24. The van der Waals surface area contributed by atoms with Crippen molar-refractivity contribution in [1.29, 1.82) is 0 Å². The van der Waals surface area contributed by atoms with Gasteiger partial charge in [-0.15, -0.1) is 0 Å². The lowest BCUT2D eigenvalue weighted by atomic mass is 9.92. The smallest absolute Gasteiger partial charge is 0.142 e. The maximum Gasteiger partial charge on any atom is 0.142 e. The van der Waals surface area contributed by atoms with Crippen LogP contribution in [0.4, 0.5) is 4.39 Å². The molecule has 4 heteroatoms. The third-order valence-corrected chi connectivity index (χ3v) is 4.05. The second-order valence-corrected chi connectivity index (χ2v) is 6.21. The van der Waals surface area contributed by atoms with Gasteiger partial charge in [0.15, 0.2) is 0 Å². The molecule has 20 heavy (non-hydrogen) atoms. The first-order valence-corrected chi connectivity index (χ1v) is 7.64. The van der Waals surface area contributed by atoms with E-state index in [-0.39, 0.29) is 16.8 Å². The average molecular weight is 357 g/mol. The van der Waals surface area contributed by atoms with E-state index in [1.807, 2.05) is 18.2 Å². The molecule has 1 nitrogen and oxygen atoms in total. The standard InChI is InChI=1S/C16H16BrClFN/c17-14-3-1-2-11(8-14)6-13(10-20)7-12-4-5-15(18)16(19)9-12/h1-5,8-9,13H,6-7,10,20H2. The second kappa shape index (κ2) is 7.21. The van der Waals surface area contributed by atoms with Crippen LogP contribution in [0.25, 0.3) is 0 Å². The van der Waals surface area contributed by atoms with E-state index in [1.54, 1.807) is 6.07 Å². The molecule has 0 aromatic heterocycles. The van der Waals surface area contributed by atoms with E-state index in [4.69, 9.17) is 17.3 Å². The molecule has 0 saturated carbocycles. The van der Waals surface area contributed by atoms with Crippen molar-refractivity contribution in [2.24, 2.45) is 11.7 Å². The van der Waals surface area contributed by atoms with E-state index in [9.17, 15) is 4.39 Å². The zero-order valence-corrected chi connectivity index (χ0v) is 13.3. The summed E-state index contributed by atoms with van der Waals surface area (Å²) in [4.78, 5) is 0. The molecular weight excluding hydrogens is 341 g/mol. The first kappa shape index (κ1) is 15.5. The largest absolute Gasteiger partial charge is 0.330 e. The molecule has 0 bridgehead atoms. The SMILES string of the molecule is NCC(Cc1cccc(Br)c1)Cc1ccc(Cl)c(F)c1. The highest BCUT2D eigenvalue weighted by Crippen LogP contribution is 2.20. The molecule has 0 saturated heterocycles. The molecular formula is C16H16BrClFN. The van der Waals surface area contributed by atoms with Gasteiger partial charge in [-0.1, -0.05) is 45.7 Å². The Labute approximate surface area is 132 Å². The van der Waals surface area contributed by atoms with Gasteiger partial charge < -0.3 is 5.73 Å². The predicted molar refractivity (Wildman–Crippen MR) is 85.5 cm³/mol. The summed E-state index contributed by atoms with van der Waals surface area (Å²) in [5.41, 5.74) is 8.00. The summed E-state index contributed by atoms with van der Waals surface area (Å²) in [6.45, 7) is 0.566. The van der Waals surface area contributed by atoms with E-state index in [1.165, 1.54) is 11.6 Å². The topological polar surface area (TPSA) is 26.0 Å². The van der Waals surface area contributed by atoms with Crippen molar-refractivity contribution in [3.8, 4) is 0 Å². The molecule has 106 valence electrons. The van der Waals surface area contributed by atoms with Crippen LogP contribution < -0.4 is 5.73 Å². The zero-order chi connectivity index (χ0) is 14.5. The molecule has 2 N–H and O–H groups in total. The summed E-state index contributed by atoms with van der Waals surface area (Å²) >= 11 is 9.16. The van der Waals surface area contributed by atoms with Crippen LogP contribution in [0.3, 0.4) is 0 Å². The van der Waals surface area contributed by atoms with Crippen LogP contribution in [0.5, 0.6) is 0 Å². The molecule has 0 amide bonds. The highest BCUT2D eigenvalue weighted by Gasteiger charge is 2.11. The van der Waals surface area contributed by atoms with Crippen molar-refractivity contribution in [1.82, 2.24) is 0 Å². The Morgan fingerprint density at radius 3 is 2.40 bits per heavy atom. The van der Waals surface area contributed by atoms with E-state index in [0.717, 1.165) is 22.9 Å². The number of hydrogen-bond acceptors (Lipinski definition) is 1. The molecule has 2 rings (SSSR count). The highest BCUT2D eigenvalue weighted by atomic mass is 79.9. The fraction of sp³-hybridized carbons (Fsp3) is 0.250. The van der Waals surface area contributed by atoms with Gasteiger partial charge in [0.2, 0.25) is 0 Å². The van der Waals surface area contributed by atoms with Crippen LogP contribution in [0.2, 0.25) is 5.02 Å². The third kappa shape index (κ3) is 4.30. The minimum absolute atomic E-state index is 0.157. The molecule has 1 unspecified atom stereocenters. The quantitative estimate of drug-likeness (QED) is 0.832. The van der Waals surface area contributed by atoms with Gasteiger partial charge in [-0.25, -0.2) is 4.39 Å². The van der Waals surface area contributed by atoms with Crippen LogP contribution in [-0.4, -0.2) is 6.54 Å².